The predicted octanol–water partition coefficient (Wildman–Crippen LogP) is 3.71. The van der Waals surface area contributed by atoms with E-state index >= 15 is 0 Å². The number of nitrogens with one attached hydrogen (secondary N) is 1. The molecule has 0 bridgehead atoms. The van der Waals surface area contributed by atoms with Crippen LogP contribution in [-0.4, -0.2) is 18.0 Å². The molecule has 0 saturated heterocycles. The summed E-state index contributed by atoms with van der Waals surface area (Å²) in [6, 6.07) is 7.04. The molecular weight excluding hydrogens is 387 g/mol. The molecule has 1 aromatic heterocycles. The Morgan fingerprint density at radius 3 is 2.83 bits per heavy atom. The van der Waals surface area contributed by atoms with Crippen molar-refractivity contribution >= 4 is 44.1 Å². The Morgan fingerprint density at radius 1 is 1.43 bits per heavy atom. The molecule has 1 aromatic carbocycles. The van der Waals surface area contributed by atoms with Gasteiger partial charge in [0.1, 0.15) is 16.9 Å². The number of hydrogen-bond donors (Lipinski definition) is 1. The number of amides is 1. The number of carbonyl (C=O) groups excluding carboxylic acids is 2. The van der Waals surface area contributed by atoms with E-state index in [1.807, 2.05) is 6.07 Å². The first-order valence-electron chi connectivity index (χ1n) is 6.37. The molecule has 5 nitrogen and oxygen atoms in total. The quantitative estimate of drug-likeness (QED) is 0.798. The lowest BCUT2D eigenvalue weighted by Crippen LogP contribution is -2.30. The number of thiophene rings is 1. The molecule has 1 heterocycles. The minimum absolute atomic E-state index is 0.111. The first-order valence-corrected chi connectivity index (χ1v) is 8.04. The third-order valence-electron chi connectivity index (χ3n) is 2.83. The van der Waals surface area contributed by atoms with Crippen molar-refractivity contribution in [2.45, 2.75) is 13.0 Å². The lowest BCUT2D eigenvalue weighted by Gasteiger charge is -2.13. The maximum absolute atomic E-state index is 13.0. The number of rotatable bonds is 4. The fourth-order valence-electron chi connectivity index (χ4n) is 1.64. The summed E-state index contributed by atoms with van der Waals surface area (Å²) in [6.07, 6.45) is -1.08. The number of hydrogen-bond acceptors (Lipinski definition) is 5. The van der Waals surface area contributed by atoms with E-state index in [1.165, 1.54) is 24.3 Å². The van der Waals surface area contributed by atoms with Crippen molar-refractivity contribution in [1.82, 2.24) is 0 Å². The van der Waals surface area contributed by atoms with Crippen molar-refractivity contribution in [2.24, 2.45) is 0 Å². The molecule has 118 valence electrons. The Bertz CT molecular complexity index is 800. The van der Waals surface area contributed by atoms with Crippen molar-refractivity contribution in [3.63, 3.8) is 0 Å². The van der Waals surface area contributed by atoms with Gasteiger partial charge < -0.3 is 10.1 Å². The highest BCUT2D eigenvalue weighted by atomic mass is 79.9. The van der Waals surface area contributed by atoms with Gasteiger partial charge in [0.15, 0.2) is 6.10 Å². The minimum Gasteiger partial charge on any atom is -0.449 e. The number of ether oxygens (including phenoxy) is 1. The normalized spacial score (nSPS) is 11.4. The van der Waals surface area contributed by atoms with E-state index in [2.05, 4.69) is 21.2 Å². The number of benzene rings is 1. The Labute approximate surface area is 143 Å². The van der Waals surface area contributed by atoms with E-state index in [0.717, 1.165) is 12.1 Å². The number of nitrogens with zero attached hydrogens (tertiary/aromatic N) is 1. The zero-order valence-electron chi connectivity index (χ0n) is 11.8. The molecule has 23 heavy (non-hydrogen) atoms. The zero-order valence-corrected chi connectivity index (χ0v) is 14.2. The zero-order chi connectivity index (χ0) is 17.0. The lowest BCUT2D eigenvalue weighted by atomic mass is 10.2. The fraction of sp³-hybridized carbons (Fsp3) is 0.133. The van der Waals surface area contributed by atoms with Crippen molar-refractivity contribution in [3.8, 4) is 6.07 Å². The molecule has 0 aliphatic heterocycles. The van der Waals surface area contributed by atoms with Gasteiger partial charge in [0.25, 0.3) is 5.91 Å². The second-order valence-corrected chi connectivity index (χ2v) is 6.21. The van der Waals surface area contributed by atoms with E-state index in [9.17, 15) is 14.0 Å². The van der Waals surface area contributed by atoms with E-state index in [-0.39, 0.29) is 10.0 Å². The fourth-order valence-corrected chi connectivity index (χ4v) is 2.89. The molecule has 1 N–H and O–H groups in total. The van der Waals surface area contributed by atoms with Crippen LogP contribution in [0.4, 0.5) is 9.39 Å². The Balaban J connectivity index is 2.03. The standard InChI is InChI=1S/C15H10BrFN2O3S/c1-8(13(20)19-14-9(7-18)4-5-23-14)22-15(21)11-3-2-10(17)6-12(11)16/h2-6,8H,1H3,(H,19,20)/t8-/m1/s1. The van der Waals surface area contributed by atoms with Crippen LogP contribution in [0.3, 0.4) is 0 Å². The van der Waals surface area contributed by atoms with E-state index in [4.69, 9.17) is 10.00 Å². The summed E-state index contributed by atoms with van der Waals surface area (Å²) in [4.78, 5) is 24.0. The molecule has 0 spiro atoms. The van der Waals surface area contributed by atoms with Gasteiger partial charge in [0.2, 0.25) is 0 Å². The SMILES string of the molecule is C[C@@H](OC(=O)c1ccc(F)cc1Br)C(=O)Nc1sccc1C#N. The van der Waals surface area contributed by atoms with Crippen LogP contribution < -0.4 is 5.32 Å². The molecule has 1 amide bonds. The number of esters is 1. The summed E-state index contributed by atoms with van der Waals surface area (Å²) < 4.78 is 18.3. The summed E-state index contributed by atoms with van der Waals surface area (Å²) >= 11 is 4.26. The van der Waals surface area contributed by atoms with Gasteiger partial charge in [0, 0.05) is 4.47 Å². The number of anilines is 1. The van der Waals surface area contributed by atoms with E-state index in [1.54, 1.807) is 11.4 Å². The van der Waals surface area contributed by atoms with Crippen LogP contribution in [0, 0.1) is 17.1 Å². The molecule has 0 saturated carbocycles. The summed E-state index contributed by atoms with van der Waals surface area (Å²) in [5.41, 5.74) is 0.447. The Kier molecular flexibility index (Phi) is 5.47. The summed E-state index contributed by atoms with van der Waals surface area (Å²) in [5.74, 6) is -1.82. The lowest BCUT2D eigenvalue weighted by molar-refractivity contribution is -0.123. The maximum atomic E-state index is 13.0. The Morgan fingerprint density at radius 2 is 2.17 bits per heavy atom. The summed E-state index contributed by atoms with van der Waals surface area (Å²) in [5, 5.41) is 13.5. The molecule has 2 rings (SSSR count). The van der Waals surface area contributed by atoms with Crippen molar-refractivity contribution in [2.75, 3.05) is 5.32 Å². The van der Waals surface area contributed by atoms with Gasteiger partial charge in [-0.25, -0.2) is 9.18 Å². The van der Waals surface area contributed by atoms with E-state index in [0.29, 0.717) is 10.6 Å². The highest BCUT2D eigenvalue weighted by Crippen LogP contribution is 2.23. The minimum atomic E-state index is -1.08. The molecule has 0 aliphatic rings. The predicted molar refractivity (Wildman–Crippen MR) is 86.6 cm³/mol. The van der Waals surface area contributed by atoms with Crippen LogP contribution in [0.2, 0.25) is 0 Å². The molecule has 2 aromatic rings. The van der Waals surface area contributed by atoms with Crippen LogP contribution >= 0.6 is 27.3 Å². The summed E-state index contributed by atoms with van der Waals surface area (Å²) in [7, 11) is 0. The van der Waals surface area contributed by atoms with Gasteiger partial charge in [-0.05, 0) is 52.5 Å². The van der Waals surface area contributed by atoms with Crippen LogP contribution in [0.5, 0.6) is 0 Å². The molecule has 0 unspecified atom stereocenters. The topological polar surface area (TPSA) is 79.2 Å². The largest absolute Gasteiger partial charge is 0.449 e. The Hall–Kier alpha value is -2.24. The maximum Gasteiger partial charge on any atom is 0.340 e. The van der Waals surface area contributed by atoms with Gasteiger partial charge in [-0.1, -0.05) is 0 Å². The molecule has 0 aliphatic carbocycles. The van der Waals surface area contributed by atoms with E-state index < -0.39 is 23.8 Å². The smallest absolute Gasteiger partial charge is 0.340 e. The summed E-state index contributed by atoms with van der Waals surface area (Å²) in [6.45, 7) is 1.41. The number of carbonyl (C=O) groups is 2. The average molecular weight is 397 g/mol. The average Bonchev–Trinajstić information content (AvgIpc) is 2.94. The van der Waals surface area contributed by atoms with Gasteiger partial charge in [-0.2, -0.15) is 5.26 Å². The van der Waals surface area contributed by atoms with Gasteiger partial charge in [-0.3, -0.25) is 4.79 Å². The molecule has 8 heteroatoms. The molecule has 1 atom stereocenters. The van der Waals surface area contributed by atoms with Crippen molar-refractivity contribution in [1.29, 1.82) is 5.26 Å². The van der Waals surface area contributed by atoms with Gasteiger partial charge >= 0.3 is 5.97 Å². The number of nitriles is 1. The van der Waals surface area contributed by atoms with Gasteiger partial charge in [0.05, 0.1) is 11.1 Å². The highest BCUT2D eigenvalue weighted by molar-refractivity contribution is 9.10. The molecular formula is C15H10BrFN2O3S. The second-order valence-electron chi connectivity index (χ2n) is 4.44. The molecule has 0 fully saturated rings. The second kappa shape index (κ2) is 7.35. The monoisotopic (exact) mass is 396 g/mol. The van der Waals surface area contributed by atoms with Crippen molar-refractivity contribution < 1.29 is 18.7 Å². The third kappa shape index (κ3) is 4.15. The first kappa shape index (κ1) is 17.1. The number of halogens is 2. The van der Waals surface area contributed by atoms with Crippen LogP contribution in [-0.2, 0) is 9.53 Å². The third-order valence-corrected chi connectivity index (χ3v) is 4.31. The van der Waals surface area contributed by atoms with Crippen LogP contribution in [0.1, 0.15) is 22.8 Å². The van der Waals surface area contributed by atoms with Crippen molar-refractivity contribution in [3.05, 3.63) is 51.1 Å². The van der Waals surface area contributed by atoms with Crippen LogP contribution in [0.25, 0.3) is 0 Å². The first-order chi connectivity index (χ1) is 10.9. The molecule has 0 radical (unpaired) electrons. The highest BCUT2D eigenvalue weighted by Gasteiger charge is 2.21. The van der Waals surface area contributed by atoms with Crippen LogP contribution in [0.15, 0.2) is 34.1 Å². The van der Waals surface area contributed by atoms with Gasteiger partial charge in [-0.15, -0.1) is 11.3 Å².